The van der Waals surface area contributed by atoms with Gasteiger partial charge in [-0.25, -0.2) is 4.98 Å². The summed E-state index contributed by atoms with van der Waals surface area (Å²) in [6.07, 6.45) is 2.00. The highest BCUT2D eigenvalue weighted by atomic mass is 35.5. The standard InChI is InChI=1S/C25H22ClN3O4S/c26-16-3-1-15(2-4-16)23-10-20-24(34-23)25(31)29(14-27-20)17-5-6-21-22(9-17)32-13-19(33-21)12-28-8-7-18(30)11-28/h1-6,9-10,14,18-19,30H,7-8,11-13H2/t18-,19?/m1/s1. The van der Waals surface area contributed by atoms with Crippen molar-refractivity contribution in [2.24, 2.45) is 0 Å². The highest BCUT2D eigenvalue weighted by Gasteiger charge is 2.27. The van der Waals surface area contributed by atoms with E-state index in [1.807, 2.05) is 48.5 Å². The Morgan fingerprint density at radius 3 is 2.79 bits per heavy atom. The molecule has 1 saturated heterocycles. The van der Waals surface area contributed by atoms with Gasteiger partial charge in [0.15, 0.2) is 11.5 Å². The first-order chi connectivity index (χ1) is 16.5. The number of thiophene rings is 1. The number of halogens is 1. The minimum absolute atomic E-state index is 0.0956. The molecular formula is C25H22ClN3O4S. The van der Waals surface area contributed by atoms with Crippen molar-refractivity contribution < 1.29 is 14.6 Å². The van der Waals surface area contributed by atoms with E-state index in [2.05, 4.69) is 9.88 Å². The van der Waals surface area contributed by atoms with Crippen LogP contribution in [0.3, 0.4) is 0 Å². The number of benzene rings is 2. The lowest BCUT2D eigenvalue weighted by atomic mass is 10.2. The predicted octanol–water partition coefficient (Wildman–Crippen LogP) is 3.97. The molecule has 0 spiro atoms. The van der Waals surface area contributed by atoms with Crippen LogP contribution in [0.25, 0.3) is 26.3 Å². The van der Waals surface area contributed by atoms with E-state index in [4.69, 9.17) is 21.1 Å². The van der Waals surface area contributed by atoms with Gasteiger partial charge in [0.05, 0.1) is 17.3 Å². The Hall–Kier alpha value is -2.91. The van der Waals surface area contributed by atoms with Crippen LogP contribution in [0.5, 0.6) is 11.5 Å². The molecular weight excluding hydrogens is 474 g/mol. The first-order valence-corrected chi connectivity index (χ1v) is 12.3. The van der Waals surface area contributed by atoms with Gasteiger partial charge in [-0.15, -0.1) is 11.3 Å². The van der Waals surface area contributed by atoms with Crippen molar-refractivity contribution >= 4 is 33.2 Å². The van der Waals surface area contributed by atoms with Gasteiger partial charge in [0.25, 0.3) is 5.56 Å². The van der Waals surface area contributed by atoms with Crippen molar-refractivity contribution in [3.05, 3.63) is 70.2 Å². The molecule has 0 aliphatic carbocycles. The van der Waals surface area contributed by atoms with Gasteiger partial charge >= 0.3 is 0 Å². The van der Waals surface area contributed by atoms with Crippen LogP contribution < -0.4 is 15.0 Å². The molecule has 4 heterocycles. The molecule has 1 unspecified atom stereocenters. The molecule has 0 saturated carbocycles. The van der Waals surface area contributed by atoms with Gasteiger partial charge in [-0.05, 0) is 42.3 Å². The molecule has 1 N–H and O–H groups in total. The number of hydrogen-bond acceptors (Lipinski definition) is 7. The summed E-state index contributed by atoms with van der Waals surface area (Å²) >= 11 is 7.42. The van der Waals surface area contributed by atoms with Crippen molar-refractivity contribution in [3.8, 4) is 27.6 Å². The van der Waals surface area contributed by atoms with Crippen LogP contribution in [0.2, 0.25) is 5.02 Å². The SMILES string of the molecule is O=c1c2sc(-c3ccc(Cl)cc3)cc2ncn1-c1ccc2c(c1)OCC(CN1CC[C@@H](O)C1)O2. The van der Waals surface area contributed by atoms with E-state index in [-0.39, 0.29) is 17.8 Å². The summed E-state index contributed by atoms with van der Waals surface area (Å²) in [5, 5.41) is 10.4. The number of β-amino-alcohol motifs (C(OH)–C–C–N with tert-alkyl or cyclic N) is 1. The third-order valence-electron chi connectivity index (χ3n) is 6.20. The summed E-state index contributed by atoms with van der Waals surface area (Å²) in [5.74, 6) is 1.26. The van der Waals surface area contributed by atoms with E-state index in [1.54, 1.807) is 6.33 Å². The smallest absolute Gasteiger partial charge is 0.275 e. The van der Waals surface area contributed by atoms with E-state index < -0.39 is 0 Å². The fraction of sp³-hybridized carbons (Fsp3) is 0.280. The fourth-order valence-corrected chi connectivity index (χ4v) is 5.63. The number of aromatic nitrogens is 2. The second kappa shape index (κ2) is 8.70. The van der Waals surface area contributed by atoms with Crippen molar-refractivity contribution in [2.45, 2.75) is 18.6 Å². The van der Waals surface area contributed by atoms with Crippen LogP contribution in [0.1, 0.15) is 6.42 Å². The molecule has 9 heteroatoms. The number of nitrogens with zero attached hydrogens (tertiary/aromatic N) is 3. The number of aliphatic hydroxyl groups is 1. The molecule has 2 aromatic heterocycles. The van der Waals surface area contributed by atoms with Crippen LogP contribution in [-0.2, 0) is 0 Å². The molecule has 6 rings (SSSR count). The normalized spacial score (nSPS) is 20.2. The lowest BCUT2D eigenvalue weighted by molar-refractivity contribution is 0.0610. The second-order valence-electron chi connectivity index (χ2n) is 8.64. The lowest BCUT2D eigenvalue weighted by Gasteiger charge is -2.29. The summed E-state index contributed by atoms with van der Waals surface area (Å²) in [6.45, 7) is 2.68. The molecule has 2 aromatic carbocycles. The second-order valence-corrected chi connectivity index (χ2v) is 10.1. The molecule has 2 atom stereocenters. The van der Waals surface area contributed by atoms with Gasteiger partial charge < -0.3 is 14.6 Å². The van der Waals surface area contributed by atoms with E-state index in [1.165, 1.54) is 15.9 Å². The van der Waals surface area contributed by atoms with Gasteiger partial charge in [0, 0.05) is 35.6 Å². The average molecular weight is 496 g/mol. The summed E-state index contributed by atoms with van der Waals surface area (Å²) in [5.41, 5.74) is 2.21. The Bertz CT molecular complexity index is 1420. The van der Waals surface area contributed by atoms with E-state index in [0.717, 1.165) is 23.4 Å². The van der Waals surface area contributed by atoms with Gasteiger partial charge in [-0.1, -0.05) is 23.7 Å². The number of fused-ring (bicyclic) bond motifs is 2. The minimum Gasteiger partial charge on any atom is -0.486 e. The molecule has 1 fully saturated rings. The quantitative estimate of drug-likeness (QED) is 0.461. The third-order valence-corrected chi connectivity index (χ3v) is 7.61. The summed E-state index contributed by atoms with van der Waals surface area (Å²) in [7, 11) is 0. The highest BCUT2D eigenvalue weighted by Crippen LogP contribution is 2.35. The Morgan fingerprint density at radius 2 is 2.00 bits per heavy atom. The number of hydrogen-bond donors (Lipinski definition) is 1. The molecule has 2 aliphatic rings. The zero-order chi connectivity index (χ0) is 23.2. The van der Waals surface area contributed by atoms with Gasteiger partial charge in [-0.3, -0.25) is 14.3 Å². The first kappa shape index (κ1) is 21.6. The summed E-state index contributed by atoms with van der Waals surface area (Å²) in [6, 6.07) is 15.0. The Balaban J connectivity index is 1.26. The maximum Gasteiger partial charge on any atom is 0.275 e. The number of likely N-dealkylation sites (tertiary alicyclic amines) is 1. The minimum atomic E-state index is -0.255. The van der Waals surface area contributed by atoms with Gasteiger partial charge in [-0.2, -0.15) is 0 Å². The zero-order valence-electron chi connectivity index (χ0n) is 18.2. The van der Waals surface area contributed by atoms with Crippen LogP contribution in [0.15, 0.2) is 59.7 Å². The number of ether oxygens (including phenoxy) is 2. The monoisotopic (exact) mass is 495 g/mol. The maximum atomic E-state index is 13.3. The van der Waals surface area contributed by atoms with Gasteiger partial charge in [0.2, 0.25) is 0 Å². The van der Waals surface area contributed by atoms with E-state index in [9.17, 15) is 9.90 Å². The average Bonchev–Trinajstić information content (AvgIpc) is 3.46. The van der Waals surface area contributed by atoms with Crippen molar-refractivity contribution in [1.29, 1.82) is 0 Å². The number of aliphatic hydroxyl groups excluding tert-OH is 1. The van der Waals surface area contributed by atoms with Crippen LogP contribution >= 0.6 is 22.9 Å². The van der Waals surface area contributed by atoms with Crippen molar-refractivity contribution in [1.82, 2.24) is 14.5 Å². The molecule has 0 bridgehead atoms. The molecule has 174 valence electrons. The first-order valence-electron chi connectivity index (χ1n) is 11.1. The van der Waals surface area contributed by atoms with Crippen molar-refractivity contribution in [3.63, 3.8) is 0 Å². The van der Waals surface area contributed by atoms with Crippen LogP contribution in [0.4, 0.5) is 0 Å². The Morgan fingerprint density at radius 1 is 1.15 bits per heavy atom. The highest BCUT2D eigenvalue weighted by molar-refractivity contribution is 7.22. The van der Waals surface area contributed by atoms with E-state index >= 15 is 0 Å². The molecule has 2 aliphatic heterocycles. The van der Waals surface area contributed by atoms with E-state index in [0.29, 0.717) is 52.1 Å². The van der Waals surface area contributed by atoms with Crippen LogP contribution in [-0.4, -0.2) is 58.0 Å². The molecule has 34 heavy (non-hydrogen) atoms. The maximum absolute atomic E-state index is 13.3. The number of rotatable bonds is 4. The zero-order valence-corrected chi connectivity index (χ0v) is 19.8. The van der Waals surface area contributed by atoms with Gasteiger partial charge in [0.1, 0.15) is 23.7 Å². The molecule has 0 radical (unpaired) electrons. The molecule has 4 aromatic rings. The van der Waals surface area contributed by atoms with Crippen molar-refractivity contribution in [2.75, 3.05) is 26.2 Å². The lowest BCUT2D eigenvalue weighted by Crippen LogP contribution is -2.40. The molecule has 0 amide bonds. The molecule has 7 nitrogen and oxygen atoms in total. The third kappa shape index (κ3) is 4.07. The summed E-state index contributed by atoms with van der Waals surface area (Å²) in [4.78, 5) is 21.0. The Labute approximate surface area is 204 Å². The fourth-order valence-electron chi connectivity index (χ4n) is 4.46. The topological polar surface area (TPSA) is 76.8 Å². The predicted molar refractivity (Wildman–Crippen MR) is 133 cm³/mol. The summed E-state index contributed by atoms with van der Waals surface area (Å²) < 4.78 is 14.2. The largest absolute Gasteiger partial charge is 0.486 e. The Kier molecular flexibility index (Phi) is 5.53. The van der Waals surface area contributed by atoms with Crippen LogP contribution in [0, 0.1) is 0 Å².